The van der Waals surface area contributed by atoms with Crippen LogP contribution in [0.4, 0.5) is 18.9 Å². The number of sulfonamides is 1. The van der Waals surface area contributed by atoms with E-state index < -0.39 is 21.1 Å². The number of benzene rings is 3. The Bertz CT molecular complexity index is 1730. The van der Waals surface area contributed by atoms with Crippen LogP contribution in [-0.4, -0.2) is 59.7 Å². The Hall–Kier alpha value is -3.09. The van der Waals surface area contributed by atoms with Crippen molar-refractivity contribution in [3.05, 3.63) is 99.5 Å². The summed E-state index contributed by atoms with van der Waals surface area (Å²) in [6.07, 6.45) is 0.841. The number of alkyl halides is 3. The van der Waals surface area contributed by atoms with Gasteiger partial charge in [0.25, 0.3) is 0 Å². The molecule has 1 saturated heterocycles. The van der Waals surface area contributed by atoms with E-state index in [0.717, 1.165) is 22.1 Å². The predicted octanol–water partition coefficient (Wildman–Crippen LogP) is 7.99. The molecule has 46 heavy (non-hydrogen) atoms. The summed E-state index contributed by atoms with van der Waals surface area (Å²) in [6.45, 7) is 2.88. The van der Waals surface area contributed by atoms with Gasteiger partial charge in [0.15, 0.2) is 0 Å². The smallest absolute Gasteiger partial charge is 0.469 e. The lowest BCUT2D eigenvalue weighted by Crippen LogP contribution is -2.47. The van der Waals surface area contributed by atoms with Crippen LogP contribution in [0.15, 0.2) is 72.8 Å². The van der Waals surface area contributed by atoms with Gasteiger partial charge in [0.1, 0.15) is 5.60 Å². The number of aliphatic hydroxyl groups excluding tert-OH is 1. The highest BCUT2D eigenvalue weighted by molar-refractivity contribution is 7.90. The summed E-state index contributed by atoms with van der Waals surface area (Å²) in [5, 5.41) is 15.4. The van der Waals surface area contributed by atoms with Crippen molar-refractivity contribution in [2.75, 3.05) is 25.0 Å². The van der Waals surface area contributed by atoms with Crippen molar-refractivity contribution >= 4 is 49.8 Å². The Balaban J connectivity index is 1.56. The summed E-state index contributed by atoms with van der Waals surface area (Å²) in [5.41, 5.74) is -2.08. The Morgan fingerprint density at radius 3 is 2.00 bits per heavy atom. The van der Waals surface area contributed by atoms with Crippen molar-refractivity contribution < 1.29 is 31.4 Å². The normalized spacial score (nSPS) is 16.5. The van der Waals surface area contributed by atoms with Crippen LogP contribution >= 0.6 is 23.2 Å². The van der Waals surface area contributed by atoms with Gasteiger partial charge in [0, 0.05) is 52.2 Å². The van der Waals surface area contributed by atoms with E-state index in [0.29, 0.717) is 32.0 Å². The van der Waals surface area contributed by atoms with Crippen molar-refractivity contribution in [1.29, 1.82) is 0 Å². The maximum atomic E-state index is 13.2. The molecule has 13 heteroatoms. The lowest BCUT2D eigenvalue weighted by Gasteiger charge is -2.33. The minimum Gasteiger partial charge on any atom is -0.469 e. The average Bonchev–Trinajstić information content (AvgIpc) is 3.03. The molecule has 0 amide bonds. The Morgan fingerprint density at radius 1 is 0.957 bits per heavy atom. The van der Waals surface area contributed by atoms with Crippen molar-refractivity contribution in [3.63, 3.8) is 0 Å². The molecule has 0 spiro atoms. The van der Waals surface area contributed by atoms with Crippen LogP contribution in [0.2, 0.25) is 10.0 Å². The van der Waals surface area contributed by atoms with Gasteiger partial charge in [-0.15, -0.1) is 0 Å². The third-order valence-electron chi connectivity index (χ3n) is 8.43. The first-order valence-electron chi connectivity index (χ1n) is 14.8. The molecule has 0 radical (unpaired) electrons. The van der Waals surface area contributed by atoms with E-state index in [1.807, 2.05) is 73.7 Å². The number of aliphatic hydroxyl groups is 1. The Labute approximate surface area is 276 Å². The number of halogens is 5. The highest BCUT2D eigenvalue weighted by atomic mass is 35.5. The lowest BCUT2D eigenvalue weighted by atomic mass is 9.84. The molecule has 0 bridgehead atoms. The summed E-state index contributed by atoms with van der Waals surface area (Å²) in [5.74, 6) is 0.0708. The molecule has 1 aliphatic rings. The van der Waals surface area contributed by atoms with E-state index >= 15 is 0 Å². The molecule has 246 valence electrons. The molecule has 0 aliphatic carbocycles. The number of hydrogen-bond donors (Lipinski definition) is 2. The van der Waals surface area contributed by atoms with Crippen molar-refractivity contribution in [3.8, 4) is 5.88 Å². The molecule has 5 rings (SSSR count). The SMILES string of the molecule is CCC(C)(CO)Oc1cc(NC2CCN(S(=O)(=O)C(F)(F)F)CC2)c2cc(C(c3ccc(Cl)cc3)c3ccc(Cl)cc3)ccc2n1. The van der Waals surface area contributed by atoms with Gasteiger partial charge in [-0.25, -0.2) is 13.4 Å². The van der Waals surface area contributed by atoms with Gasteiger partial charge >= 0.3 is 15.5 Å². The number of piperidine rings is 1. The molecule has 1 atom stereocenters. The fourth-order valence-electron chi connectivity index (χ4n) is 5.53. The summed E-state index contributed by atoms with van der Waals surface area (Å²) < 4.78 is 70.1. The van der Waals surface area contributed by atoms with Crippen LogP contribution in [0, 0.1) is 0 Å². The molecular formula is C33H34Cl2F3N3O4S. The van der Waals surface area contributed by atoms with Gasteiger partial charge in [-0.3, -0.25) is 0 Å². The van der Waals surface area contributed by atoms with E-state index in [1.54, 1.807) is 13.0 Å². The topological polar surface area (TPSA) is 91.8 Å². The fraction of sp³-hybridized carbons (Fsp3) is 0.364. The number of ether oxygens (including phenoxy) is 1. The van der Waals surface area contributed by atoms with E-state index in [1.165, 1.54) is 0 Å². The summed E-state index contributed by atoms with van der Waals surface area (Å²) >= 11 is 12.4. The van der Waals surface area contributed by atoms with Crippen LogP contribution in [0.5, 0.6) is 5.88 Å². The number of fused-ring (bicyclic) bond motifs is 1. The van der Waals surface area contributed by atoms with Gasteiger partial charge in [-0.2, -0.15) is 17.5 Å². The molecule has 7 nitrogen and oxygen atoms in total. The third-order valence-corrected chi connectivity index (χ3v) is 10.6. The Morgan fingerprint density at radius 2 is 1.50 bits per heavy atom. The van der Waals surface area contributed by atoms with Crippen LogP contribution in [0.25, 0.3) is 10.9 Å². The molecule has 1 aliphatic heterocycles. The van der Waals surface area contributed by atoms with Crippen LogP contribution in [0.1, 0.15) is 55.7 Å². The zero-order valence-corrected chi connectivity index (χ0v) is 27.5. The zero-order chi connectivity index (χ0) is 33.3. The molecule has 4 aromatic rings. The van der Waals surface area contributed by atoms with Crippen molar-refractivity contribution in [2.45, 2.75) is 56.2 Å². The number of anilines is 1. The van der Waals surface area contributed by atoms with Gasteiger partial charge in [0.05, 0.1) is 12.1 Å². The number of nitrogens with zero attached hydrogens (tertiary/aromatic N) is 2. The quantitative estimate of drug-likeness (QED) is 0.164. The molecule has 1 unspecified atom stereocenters. The number of pyridine rings is 1. The molecule has 0 saturated carbocycles. The first-order chi connectivity index (χ1) is 21.7. The second-order valence-corrected chi connectivity index (χ2v) is 14.5. The predicted molar refractivity (Wildman–Crippen MR) is 175 cm³/mol. The highest BCUT2D eigenvalue weighted by Gasteiger charge is 2.50. The number of nitrogens with one attached hydrogen (secondary N) is 1. The van der Waals surface area contributed by atoms with E-state index in [2.05, 4.69) is 5.32 Å². The first kappa shape index (κ1) is 34.3. The first-order valence-corrected chi connectivity index (χ1v) is 17.0. The highest BCUT2D eigenvalue weighted by Crippen LogP contribution is 2.38. The van der Waals surface area contributed by atoms with Gasteiger partial charge in [0.2, 0.25) is 5.88 Å². The number of aromatic nitrogens is 1. The van der Waals surface area contributed by atoms with Gasteiger partial charge < -0.3 is 15.2 Å². The maximum Gasteiger partial charge on any atom is 0.511 e. The average molecular weight is 697 g/mol. The van der Waals surface area contributed by atoms with Crippen LogP contribution in [-0.2, 0) is 10.0 Å². The molecule has 1 aromatic heterocycles. The van der Waals surface area contributed by atoms with Gasteiger partial charge in [-0.1, -0.05) is 60.5 Å². The molecule has 2 N–H and O–H groups in total. The van der Waals surface area contributed by atoms with Crippen molar-refractivity contribution in [1.82, 2.24) is 9.29 Å². The zero-order valence-electron chi connectivity index (χ0n) is 25.2. The van der Waals surface area contributed by atoms with Crippen molar-refractivity contribution in [2.24, 2.45) is 0 Å². The Kier molecular flexibility index (Phi) is 10.1. The maximum absolute atomic E-state index is 13.2. The van der Waals surface area contributed by atoms with Crippen LogP contribution < -0.4 is 10.1 Å². The molecule has 1 fully saturated rings. The van der Waals surface area contributed by atoms with E-state index in [4.69, 9.17) is 32.9 Å². The minimum absolute atomic E-state index is 0.163. The largest absolute Gasteiger partial charge is 0.511 e. The fourth-order valence-corrected chi connectivity index (χ4v) is 6.77. The standard InChI is InChI=1S/C33H34Cl2F3N3O4S/c1-3-32(2,20-42)45-30-19-29(39-26-14-16-41(17-15-26)46(43,44)33(36,37)38)27-18-23(8-13-28(27)40-30)31(21-4-9-24(34)10-5-21)22-6-11-25(35)12-7-22/h4-13,18-19,26,31,42H,3,14-17,20H2,1-2H3,(H,39,40). The van der Waals surface area contributed by atoms with Crippen LogP contribution in [0.3, 0.4) is 0 Å². The van der Waals surface area contributed by atoms with E-state index in [-0.39, 0.29) is 50.4 Å². The second-order valence-electron chi connectivity index (χ2n) is 11.7. The number of rotatable bonds is 10. The summed E-state index contributed by atoms with van der Waals surface area (Å²) in [7, 11) is -5.40. The minimum atomic E-state index is -5.40. The van der Waals surface area contributed by atoms with Gasteiger partial charge in [-0.05, 0) is 79.3 Å². The lowest BCUT2D eigenvalue weighted by molar-refractivity contribution is -0.0494. The number of hydrogen-bond acceptors (Lipinski definition) is 6. The molecular weight excluding hydrogens is 662 g/mol. The van der Waals surface area contributed by atoms with E-state index in [9.17, 15) is 26.7 Å². The second kappa shape index (κ2) is 13.6. The molecule has 3 aromatic carbocycles. The summed E-state index contributed by atoms with van der Waals surface area (Å²) in [6, 6.07) is 22.4. The molecule has 2 heterocycles. The summed E-state index contributed by atoms with van der Waals surface area (Å²) in [4.78, 5) is 4.73. The monoisotopic (exact) mass is 695 g/mol. The third kappa shape index (κ3) is 7.39.